The molecule has 3 aliphatic carbocycles. The van der Waals surface area contributed by atoms with Crippen molar-refractivity contribution in [2.45, 2.75) is 57.8 Å². The lowest BCUT2D eigenvalue weighted by Crippen LogP contribution is -2.15. The first-order valence-corrected chi connectivity index (χ1v) is 29.3. The molecule has 0 radical (unpaired) electrons. The van der Waals surface area contributed by atoms with Crippen LogP contribution in [0.2, 0.25) is 0 Å². The maximum atomic E-state index is 5.89. The number of anilines is 5. The molecule has 3 nitrogen and oxygen atoms in total. The van der Waals surface area contributed by atoms with E-state index in [4.69, 9.17) is 5.73 Å². The van der Waals surface area contributed by atoms with E-state index >= 15 is 0 Å². The van der Waals surface area contributed by atoms with Crippen LogP contribution in [-0.2, 0) is 16.2 Å². The lowest BCUT2D eigenvalue weighted by Gasteiger charge is -2.22. The molecule has 0 aromatic heterocycles. The fraction of sp³-hybridized carbons (Fsp3) is 0.111. The van der Waals surface area contributed by atoms with Gasteiger partial charge < -0.3 is 16.4 Å². The zero-order chi connectivity index (χ0) is 57.6. The normalized spacial score (nSPS) is 13.7. The fourth-order valence-corrected chi connectivity index (χ4v) is 13.1. The predicted molar refractivity (Wildman–Crippen MR) is 358 cm³/mol. The van der Waals surface area contributed by atoms with E-state index < -0.39 is 0 Å². The van der Waals surface area contributed by atoms with E-state index in [9.17, 15) is 0 Å². The first-order valence-electron chi connectivity index (χ1n) is 29.3. The lowest BCUT2D eigenvalue weighted by atomic mass is 9.82. The minimum atomic E-state index is 0.0112. The molecule has 3 heteroatoms. The van der Waals surface area contributed by atoms with Gasteiger partial charge in [0.05, 0.1) is 0 Å². The van der Waals surface area contributed by atoms with Gasteiger partial charge in [0, 0.05) is 44.7 Å². The molecule has 408 valence electrons. The van der Waals surface area contributed by atoms with E-state index in [1.807, 2.05) is 6.07 Å². The van der Waals surface area contributed by atoms with Gasteiger partial charge in [-0.1, -0.05) is 260 Å². The van der Waals surface area contributed by atoms with Gasteiger partial charge in [-0.15, -0.1) is 0 Å². The monoisotopic (exact) mass is 1080 g/mol. The summed E-state index contributed by atoms with van der Waals surface area (Å²) in [6.07, 6.45) is 0. The summed E-state index contributed by atoms with van der Waals surface area (Å²) in [4.78, 5) is 0. The number of hydrogen-bond donors (Lipinski definition) is 3. The van der Waals surface area contributed by atoms with Crippen LogP contribution in [-0.4, -0.2) is 0 Å². The van der Waals surface area contributed by atoms with Crippen molar-refractivity contribution in [3.8, 4) is 77.9 Å². The maximum absolute atomic E-state index is 5.89. The number of hydrogen-bond acceptors (Lipinski definition) is 3. The number of fused-ring (bicyclic) bond motifs is 9. The van der Waals surface area contributed by atoms with Gasteiger partial charge in [-0.25, -0.2) is 0 Å². The Morgan fingerprint density at radius 1 is 0.214 bits per heavy atom. The fourth-order valence-electron chi connectivity index (χ4n) is 13.1. The molecule has 0 atom stereocenters. The van der Waals surface area contributed by atoms with E-state index in [0.717, 1.165) is 28.4 Å². The first-order chi connectivity index (χ1) is 40.8. The molecule has 0 heterocycles. The van der Waals surface area contributed by atoms with Gasteiger partial charge in [-0.05, 0) is 178 Å². The molecule has 0 spiro atoms. The third-order valence-corrected chi connectivity index (χ3v) is 17.8. The van der Waals surface area contributed by atoms with E-state index in [-0.39, 0.29) is 16.2 Å². The predicted octanol–water partition coefficient (Wildman–Crippen LogP) is 21.7. The van der Waals surface area contributed by atoms with Crippen molar-refractivity contribution < 1.29 is 0 Å². The Morgan fingerprint density at radius 3 is 0.893 bits per heavy atom. The smallest absolute Gasteiger partial charge is 0.0387 e. The van der Waals surface area contributed by atoms with E-state index in [0.29, 0.717) is 0 Å². The highest BCUT2D eigenvalue weighted by Crippen LogP contribution is 2.52. The largest absolute Gasteiger partial charge is 0.399 e. The van der Waals surface area contributed by atoms with Gasteiger partial charge >= 0.3 is 0 Å². The number of nitrogen functional groups attached to an aromatic ring is 1. The Hall–Kier alpha value is -9.96. The highest BCUT2D eigenvalue weighted by molar-refractivity contribution is 5.86. The van der Waals surface area contributed by atoms with E-state index in [1.165, 1.54) is 111 Å². The van der Waals surface area contributed by atoms with Gasteiger partial charge in [-0.2, -0.15) is 0 Å². The summed E-state index contributed by atoms with van der Waals surface area (Å²) in [6, 6.07) is 102. The van der Waals surface area contributed by atoms with Crippen LogP contribution in [0.25, 0.3) is 77.9 Å². The van der Waals surface area contributed by atoms with Crippen molar-refractivity contribution in [3.05, 3.63) is 318 Å². The van der Waals surface area contributed by atoms with Crippen molar-refractivity contribution >= 4 is 28.4 Å². The van der Waals surface area contributed by atoms with Crippen LogP contribution in [0, 0.1) is 0 Å². The van der Waals surface area contributed by atoms with Crippen LogP contribution in [0.3, 0.4) is 0 Å². The summed E-state index contributed by atoms with van der Waals surface area (Å²) in [5.41, 5.74) is 37.5. The van der Waals surface area contributed by atoms with Crippen molar-refractivity contribution in [1.82, 2.24) is 0 Å². The molecular formula is C81H69N3. The zero-order valence-corrected chi connectivity index (χ0v) is 48.7. The van der Waals surface area contributed by atoms with Crippen LogP contribution < -0.4 is 16.4 Å². The minimum Gasteiger partial charge on any atom is -0.399 e. The molecule has 12 aromatic rings. The molecular weight excluding hydrogens is 1010 g/mol. The highest BCUT2D eigenvalue weighted by Gasteiger charge is 2.37. The minimum absolute atomic E-state index is 0.0112. The maximum Gasteiger partial charge on any atom is 0.0387 e. The Bertz CT molecular complexity index is 4360. The Morgan fingerprint density at radius 2 is 0.488 bits per heavy atom. The van der Waals surface area contributed by atoms with E-state index in [1.54, 1.807) is 0 Å². The summed E-state index contributed by atoms with van der Waals surface area (Å²) in [5.74, 6) is 0. The number of benzene rings is 12. The van der Waals surface area contributed by atoms with E-state index in [2.05, 4.69) is 331 Å². The summed E-state index contributed by atoms with van der Waals surface area (Å²) < 4.78 is 0. The lowest BCUT2D eigenvalue weighted by molar-refractivity contribution is 0.660. The number of nitrogens with one attached hydrogen (secondary N) is 2. The Kier molecular flexibility index (Phi) is 13.8. The summed E-state index contributed by atoms with van der Waals surface area (Å²) >= 11 is 0. The SMILES string of the molecule is CC1(C)c2ccccc2-c2ccc(N)cc21.CC1(C)c2ccccc2-c2ccc(Nc3ccc(-c4ccc(-c5ccccc5)cc4)cc3)cc21.CC1(C)c2ccccc2-c2ccc(Nc3ccc(-c4cccc(-c5ccccc5)c4)cc3)cc21. The second-order valence-electron chi connectivity index (χ2n) is 24.1. The van der Waals surface area contributed by atoms with Crippen LogP contribution in [0.4, 0.5) is 28.4 Å². The third-order valence-electron chi connectivity index (χ3n) is 17.8. The zero-order valence-electron chi connectivity index (χ0n) is 48.7. The van der Waals surface area contributed by atoms with Gasteiger partial charge in [0.25, 0.3) is 0 Å². The molecule has 15 rings (SSSR count). The molecule has 0 fully saturated rings. The molecule has 0 unspecified atom stereocenters. The molecule has 0 amide bonds. The van der Waals surface area contributed by atoms with Crippen LogP contribution in [0.15, 0.2) is 285 Å². The van der Waals surface area contributed by atoms with Gasteiger partial charge in [0.2, 0.25) is 0 Å². The first kappa shape index (κ1) is 53.4. The topological polar surface area (TPSA) is 50.1 Å². The Balaban J connectivity index is 0.000000125. The van der Waals surface area contributed by atoms with Gasteiger partial charge in [0.15, 0.2) is 0 Å². The molecule has 84 heavy (non-hydrogen) atoms. The average molecular weight is 1080 g/mol. The Labute approximate surface area is 496 Å². The van der Waals surface area contributed by atoms with Crippen LogP contribution in [0.1, 0.15) is 74.9 Å². The highest BCUT2D eigenvalue weighted by atomic mass is 14.9. The van der Waals surface area contributed by atoms with Gasteiger partial charge in [-0.3, -0.25) is 0 Å². The standard InChI is InChI=1S/2C33H27N.C15H15N/c1-33(2)31-14-7-6-13-29(31)30-20-19-28(22-32(30)33)34-27-17-15-24(16-18-27)26-12-8-11-25(21-26)23-9-4-3-5-10-23;1-33(2)31-11-7-6-10-29(31)30-21-20-28(22-32(30)33)34-27-18-16-26(17-19-27)25-14-12-24(13-15-25)23-8-4-3-5-9-23;1-15(2)13-6-4-3-5-11(13)12-8-7-10(16)9-14(12)15/h2*3-22,34H,1-2H3;3-9H,16H2,1-2H3. The molecule has 3 aliphatic rings. The molecule has 0 aliphatic heterocycles. The second kappa shape index (κ2) is 21.7. The molecule has 0 saturated carbocycles. The third kappa shape index (κ3) is 10.1. The summed E-state index contributed by atoms with van der Waals surface area (Å²) in [5, 5.41) is 7.22. The number of nitrogens with two attached hydrogens (primary N) is 1. The molecule has 0 bridgehead atoms. The number of rotatable bonds is 8. The quantitative estimate of drug-likeness (QED) is 0.133. The second-order valence-corrected chi connectivity index (χ2v) is 24.1. The average Bonchev–Trinajstić information content (AvgIpc) is 2.67. The van der Waals surface area contributed by atoms with Gasteiger partial charge in [0.1, 0.15) is 0 Å². The summed E-state index contributed by atoms with van der Waals surface area (Å²) in [6.45, 7) is 13.8. The van der Waals surface area contributed by atoms with Crippen LogP contribution >= 0.6 is 0 Å². The van der Waals surface area contributed by atoms with Crippen molar-refractivity contribution in [2.75, 3.05) is 16.4 Å². The molecule has 4 N–H and O–H groups in total. The van der Waals surface area contributed by atoms with Crippen molar-refractivity contribution in [1.29, 1.82) is 0 Å². The molecule has 12 aromatic carbocycles. The van der Waals surface area contributed by atoms with Crippen molar-refractivity contribution in [3.63, 3.8) is 0 Å². The summed E-state index contributed by atoms with van der Waals surface area (Å²) in [7, 11) is 0. The molecule has 0 saturated heterocycles. The van der Waals surface area contributed by atoms with Crippen LogP contribution in [0.5, 0.6) is 0 Å². The van der Waals surface area contributed by atoms with Crippen molar-refractivity contribution in [2.24, 2.45) is 0 Å².